The van der Waals surface area contributed by atoms with Crippen molar-refractivity contribution in [3.63, 3.8) is 0 Å². The third kappa shape index (κ3) is 4.61. The maximum atomic E-state index is 9.93. The van der Waals surface area contributed by atoms with Crippen molar-refractivity contribution in [2.24, 2.45) is 0 Å². The van der Waals surface area contributed by atoms with Gasteiger partial charge in [0, 0.05) is 0 Å². The third-order valence-electron chi connectivity index (χ3n) is 3.10. The van der Waals surface area contributed by atoms with Gasteiger partial charge < -0.3 is 10.2 Å². The van der Waals surface area contributed by atoms with Gasteiger partial charge in [0.15, 0.2) is 0 Å². The molecule has 0 aliphatic carbocycles. The first-order valence-electron chi connectivity index (χ1n) is 6.99. The first-order valence-corrected chi connectivity index (χ1v) is 6.99. The summed E-state index contributed by atoms with van der Waals surface area (Å²) in [6, 6.07) is 14.7. The summed E-state index contributed by atoms with van der Waals surface area (Å²) in [7, 11) is 0. The lowest BCUT2D eigenvalue weighted by molar-refractivity contribution is 0.454. The molecule has 0 radical (unpaired) electrons. The minimum absolute atomic E-state index is 0.322. The molecule has 2 rings (SSSR count). The second-order valence-electron chi connectivity index (χ2n) is 5.43. The Morgan fingerprint density at radius 3 is 1.40 bits per heavy atom. The molecule has 0 aliphatic heterocycles. The molecule has 0 saturated carbocycles. The second-order valence-corrected chi connectivity index (χ2v) is 5.43. The number of para-hydroxylation sites is 2. The van der Waals surface area contributed by atoms with Crippen LogP contribution in [0.2, 0.25) is 0 Å². The number of aromatic hydroxyl groups is 2. The van der Waals surface area contributed by atoms with Crippen LogP contribution >= 0.6 is 0 Å². The Balaban J connectivity index is 0.000000240. The lowest BCUT2D eigenvalue weighted by Gasteiger charge is -2.14. The summed E-state index contributed by atoms with van der Waals surface area (Å²) < 4.78 is 0. The minimum atomic E-state index is 0.322. The van der Waals surface area contributed by atoms with E-state index in [0.29, 0.717) is 23.3 Å². The largest absolute Gasteiger partial charge is 0.508 e. The predicted octanol–water partition coefficient (Wildman–Crippen LogP) is 5.03. The highest BCUT2D eigenvalue weighted by Gasteiger charge is 2.11. The maximum absolute atomic E-state index is 9.93. The van der Waals surface area contributed by atoms with E-state index in [1.54, 1.807) is 24.3 Å². The molecule has 0 fully saturated rings. The van der Waals surface area contributed by atoms with Crippen molar-refractivity contribution in [1.82, 2.24) is 0 Å². The zero-order valence-electron chi connectivity index (χ0n) is 12.7. The van der Waals surface area contributed by atoms with Crippen LogP contribution in [-0.2, 0) is 0 Å². The molecule has 0 heterocycles. The van der Waals surface area contributed by atoms with E-state index in [-0.39, 0.29) is 0 Å². The lowest BCUT2D eigenvalue weighted by atomic mass is 9.94. The van der Waals surface area contributed by atoms with Crippen LogP contribution in [0.15, 0.2) is 48.5 Å². The normalized spacial score (nSPS) is 10.3. The van der Waals surface area contributed by atoms with E-state index in [9.17, 15) is 5.11 Å². The van der Waals surface area contributed by atoms with Gasteiger partial charge in [-0.25, -0.2) is 0 Å². The van der Waals surface area contributed by atoms with Crippen molar-refractivity contribution in [3.05, 3.63) is 59.7 Å². The fourth-order valence-corrected chi connectivity index (χ4v) is 1.94. The predicted molar refractivity (Wildman–Crippen MR) is 84.4 cm³/mol. The Labute approximate surface area is 121 Å². The van der Waals surface area contributed by atoms with Crippen molar-refractivity contribution < 1.29 is 10.2 Å². The first-order chi connectivity index (χ1) is 9.43. The summed E-state index contributed by atoms with van der Waals surface area (Å²) in [6.07, 6.45) is 0. The summed E-state index contributed by atoms with van der Waals surface area (Å²) >= 11 is 0. The van der Waals surface area contributed by atoms with E-state index in [1.165, 1.54) is 0 Å². The Hall–Kier alpha value is -1.96. The Bertz CT molecular complexity index is 490. The summed E-state index contributed by atoms with van der Waals surface area (Å²) in [5.74, 6) is 1.58. The molecule has 2 aromatic carbocycles. The molecule has 0 atom stereocenters. The molecule has 2 aromatic rings. The molecule has 0 saturated heterocycles. The van der Waals surface area contributed by atoms with E-state index in [4.69, 9.17) is 5.11 Å². The first kappa shape index (κ1) is 16.1. The lowest BCUT2D eigenvalue weighted by Crippen LogP contribution is -1.94. The highest BCUT2D eigenvalue weighted by molar-refractivity contribution is 5.43. The Kier molecular flexibility index (Phi) is 6.10. The highest BCUT2D eigenvalue weighted by Crippen LogP contribution is 2.32. The van der Waals surface area contributed by atoms with E-state index < -0.39 is 0 Å². The Morgan fingerprint density at radius 2 is 1.10 bits per heavy atom. The number of phenols is 2. The van der Waals surface area contributed by atoms with Gasteiger partial charge in [-0.2, -0.15) is 0 Å². The topological polar surface area (TPSA) is 40.5 Å². The number of benzene rings is 2. The van der Waals surface area contributed by atoms with Crippen LogP contribution in [0.1, 0.15) is 50.7 Å². The standard InChI is InChI=1S/C12H18O.C6H6O/c1-8(2)10-6-5-7-11(9(3)4)12(10)13;7-6-4-2-1-3-5-6/h5-9,13H,1-4H3;1-5,7H. The van der Waals surface area contributed by atoms with Crippen LogP contribution in [0, 0.1) is 0 Å². The minimum Gasteiger partial charge on any atom is -0.508 e. The highest BCUT2D eigenvalue weighted by atomic mass is 16.3. The molecular weight excluding hydrogens is 248 g/mol. The molecular formula is C18H24O2. The van der Waals surface area contributed by atoms with Gasteiger partial charge in [0.2, 0.25) is 0 Å². The smallest absolute Gasteiger partial charge is 0.122 e. The number of rotatable bonds is 2. The van der Waals surface area contributed by atoms with Gasteiger partial charge in [0.05, 0.1) is 0 Å². The average molecular weight is 272 g/mol. The molecule has 20 heavy (non-hydrogen) atoms. The SMILES string of the molecule is CC(C)c1cccc(C(C)C)c1O.Oc1ccccc1. The molecule has 0 spiro atoms. The molecule has 108 valence electrons. The van der Waals surface area contributed by atoms with E-state index in [1.807, 2.05) is 24.3 Å². The second kappa shape index (κ2) is 7.59. The summed E-state index contributed by atoms with van der Waals surface area (Å²) in [5, 5.41) is 18.6. The van der Waals surface area contributed by atoms with Gasteiger partial charge in [-0.1, -0.05) is 64.1 Å². The average Bonchev–Trinajstić information content (AvgIpc) is 2.40. The van der Waals surface area contributed by atoms with E-state index in [0.717, 1.165) is 11.1 Å². The number of phenolic OH excluding ortho intramolecular Hbond substituents is 2. The molecule has 2 N–H and O–H groups in total. The fourth-order valence-electron chi connectivity index (χ4n) is 1.94. The molecule has 0 aromatic heterocycles. The molecule has 0 aliphatic rings. The number of hydrogen-bond acceptors (Lipinski definition) is 2. The van der Waals surface area contributed by atoms with E-state index in [2.05, 4.69) is 27.7 Å². The molecule has 0 bridgehead atoms. The molecule has 0 unspecified atom stereocenters. The van der Waals surface area contributed by atoms with Crippen LogP contribution in [0.4, 0.5) is 0 Å². The van der Waals surface area contributed by atoms with Crippen LogP contribution in [0.25, 0.3) is 0 Å². The van der Waals surface area contributed by atoms with Gasteiger partial charge in [-0.05, 0) is 35.1 Å². The van der Waals surface area contributed by atoms with Crippen LogP contribution in [0.5, 0.6) is 11.5 Å². The van der Waals surface area contributed by atoms with Crippen molar-refractivity contribution >= 4 is 0 Å². The van der Waals surface area contributed by atoms with Gasteiger partial charge >= 0.3 is 0 Å². The quantitative estimate of drug-likeness (QED) is 0.804. The number of hydrogen-bond donors (Lipinski definition) is 2. The molecule has 2 nitrogen and oxygen atoms in total. The zero-order chi connectivity index (χ0) is 15.1. The molecule has 0 amide bonds. The van der Waals surface area contributed by atoms with Crippen molar-refractivity contribution in [3.8, 4) is 11.5 Å². The van der Waals surface area contributed by atoms with E-state index >= 15 is 0 Å². The summed E-state index contributed by atoms with van der Waals surface area (Å²) in [4.78, 5) is 0. The fraction of sp³-hybridized carbons (Fsp3) is 0.333. The van der Waals surface area contributed by atoms with Crippen molar-refractivity contribution in [1.29, 1.82) is 0 Å². The summed E-state index contributed by atoms with van der Waals surface area (Å²) in [5.41, 5.74) is 2.09. The van der Waals surface area contributed by atoms with Gasteiger partial charge in [0.25, 0.3) is 0 Å². The maximum Gasteiger partial charge on any atom is 0.122 e. The van der Waals surface area contributed by atoms with Crippen LogP contribution < -0.4 is 0 Å². The van der Waals surface area contributed by atoms with Crippen molar-refractivity contribution in [2.45, 2.75) is 39.5 Å². The van der Waals surface area contributed by atoms with Crippen LogP contribution in [-0.4, -0.2) is 10.2 Å². The third-order valence-corrected chi connectivity index (χ3v) is 3.10. The van der Waals surface area contributed by atoms with Crippen LogP contribution in [0.3, 0.4) is 0 Å². The van der Waals surface area contributed by atoms with Gasteiger partial charge in [-0.15, -0.1) is 0 Å². The molecule has 2 heteroatoms. The monoisotopic (exact) mass is 272 g/mol. The van der Waals surface area contributed by atoms with Gasteiger partial charge in [-0.3, -0.25) is 0 Å². The van der Waals surface area contributed by atoms with Crippen molar-refractivity contribution in [2.75, 3.05) is 0 Å². The van der Waals surface area contributed by atoms with Gasteiger partial charge in [0.1, 0.15) is 11.5 Å². The zero-order valence-corrected chi connectivity index (χ0v) is 12.7. The Morgan fingerprint density at radius 1 is 0.650 bits per heavy atom. The summed E-state index contributed by atoms with van der Waals surface area (Å²) in [6.45, 7) is 8.39.